The highest BCUT2D eigenvalue weighted by Gasteiger charge is 2.18. The lowest BCUT2D eigenvalue weighted by Gasteiger charge is -2.19. The molecule has 0 aliphatic heterocycles. The molecule has 86 valence electrons. The van der Waals surface area contributed by atoms with Gasteiger partial charge in [-0.3, -0.25) is 0 Å². The molecule has 0 aliphatic carbocycles. The van der Waals surface area contributed by atoms with Crippen LogP contribution < -0.4 is 5.32 Å². The molecule has 0 spiro atoms. The van der Waals surface area contributed by atoms with Gasteiger partial charge in [0.25, 0.3) is 0 Å². The summed E-state index contributed by atoms with van der Waals surface area (Å²) in [6.45, 7) is 5.69. The molecule has 0 saturated heterocycles. The molecule has 0 aromatic heterocycles. The van der Waals surface area contributed by atoms with Crippen LogP contribution in [0.2, 0.25) is 0 Å². The van der Waals surface area contributed by atoms with E-state index >= 15 is 0 Å². The fourth-order valence-electron chi connectivity index (χ4n) is 1.19. The first-order valence-corrected chi connectivity index (χ1v) is 6.81. The number of unbranched alkanes of at least 4 members (excludes halogenated alkanes) is 1. The summed E-state index contributed by atoms with van der Waals surface area (Å²) in [5.41, 5.74) is 0. The van der Waals surface area contributed by atoms with Crippen LogP contribution in [0, 0.1) is 0 Å². The van der Waals surface area contributed by atoms with E-state index in [0.717, 1.165) is 12.8 Å². The first-order chi connectivity index (χ1) is 6.58. The van der Waals surface area contributed by atoms with Gasteiger partial charge >= 0.3 is 0 Å². The molecule has 5 heteroatoms. The second-order valence-corrected chi connectivity index (χ2v) is 5.35. The van der Waals surface area contributed by atoms with Crippen LogP contribution in [-0.2, 0) is 10.0 Å². The first kappa shape index (κ1) is 13.9. The van der Waals surface area contributed by atoms with Gasteiger partial charge in [0.2, 0.25) is 10.0 Å². The maximum absolute atomic E-state index is 11.7. The molecule has 0 rings (SSSR count). The normalized spacial score (nSPS) is 12.3. The SMILES string of the molecule is CCCCN(CC)S(=O)(=O)CCNC. The lowest BCUT2D eigenvalue weighted by Crippen LogP contribution is -2.36. The van der Waals surface area contributed by atoms with Gasteiger partial charge in [-0.2, -0.15) is 0 Å². The van der Waals surface area contributed by atoms with Gasteiger partial charge in [0.15, 0.2) is 0 Å². The van der Waals surface area contributed by atoms with Crippen molar-refractivity contribution in [1.29, 1.82) is 0 Å². The van der Waals surface area contributed by atoms with Crippen LogP contribution in [0.1, 0.15) is 26.7 Å². The molecule has 0 aliphatic rings. The third kappa shape index (κ3) is 4.93. The van der Waals surface area contributed by atoms with Gasteiger partial charge in [0.1, 0.15) is 0 Å². The number of hydrogen-bond acceptors (Lipinski definition) is 3. The number of sulfonamides is 1. The van der Waals surface area contributed by atoms with Crippen molar-refractivity contribution in [2.24, 2.45) is 0 Å². The van der Waals surface area contributed by atoms with Gasteiger partial charge in [-0.15, -0.1) is 0 Å². The molecule has 0 radical (unpaired) electrons. The zero-order valence-electron chi connectivity index (χ0n) is 9.41. The molecular formula is C9H22N2O2S. The highest BCUT2D eigenvalue weighted by Crippen LogP contribution is 2.03. The maximum Gasteiger partial charge on any atom is 0.215 e. The predicted molar refractivity (Wildman–Crippen MR) is 59.9 cm³/mol. The molecule has 0 bridgehead atoms. The Kier molecular flexibility index (Phi) is 7.13. The van der Waals surface area contributed by atoms with E-state index in [1.807, 2.05) is 6.92 Å². The molecule has 0 heterocycles. The Balaban J connectivity index is 4.19. The van der Waals surface area contributed by atoms with Crippen molar-refractivity contribution in [3.63, 3.8) is 0 Å². The van der Waals surface area contributed by atoms with Crippen LogP contribution >= 0.6 is 0 Å². The lowest BCUT2D eigenvalue weighted by molar-refractivity contribution is 0.418. The van der Waals surface area contributed by atoms with Gasteiger partial charge in [0, 0.05) is 19.6 Å². The van der Waals surface area contributed by atoms with E-state index in [9.17, 15) is 8.42 Å². The predicted octanol–water partition coefficient (Wildman–Crippen LogP) is 0.658. The van der Waals surface area contributed by atoms with E-state index in [0.29, 0.717) is 19.6 Å². The quantitative estimate of drug-likeness (QED) is 0.656. The van der Waals surface area contributed by atoms with Gasteiger partial charge in [-0.05, 0) is 13.5 Å². The Morgan fingerprint density at radius 1 is 1.29 bits per heavy atom. The second-order valence-electron chi connectivity index (χ2n) is 3.26. The average molecular weight is 222 g/mol. The van der Waals surface area contributed by atoms with Crippen LogP contribution in [-0.4, -0.2) is 45.2 Å². The lowest BCUT2D eigenvalue weighted by atomic mass is 10.3. The molecule has 0 unspecified atom stereocenters. The second kappa shape index (κ2) is 7.20. The zero-order valence-corrected chi connectivity index (χ0v) is 10.2. The van der Waals surface area contributed by atoms with Crippen molar-refractivity contribution in [2.45, 2.75) is 26.7 Å². The number of rotatable bonds is 8. The van der Waals surface area contributed by atoms with Gasteiger partial charge < -0.3 is 5.32 Å². The van der Waals surface area contributed by atoms with Crippen LogP contribution in [0.5, 0.6) is 0 Å². The number of nitrogens with one attached hydrogen (secondary N) is 1. The Morgan fingerprint density at radius 3 is 2.36 bits per heavy atom. The molecule has 14 heavy (non-hydrogen) atoms. The minimum Gasteiger partial charge on any atom is -0.319 e. The van der Waals surface area contributed by atoms with E-state index in [1.54, 1.807) is 11.4 Å². The topological polar surface area (TPSA) is 49.4 Å². The molecule has 0 saturated carbocycles. The third-order valence-electron chi connectivity index (χ3n) is 2.12. The van der Waals surface area contributed by atoms with Gasteiger partial charge in [0.05, 0.1) is 5.75 Å². The van der Waals surface area contributed by atoms with E-state index in [4.69, 9.17) is 0 Å². The molecule has 0 aromatic carbocycles. The fourth-order valence-corrected chi connectivity index (χ4v) is 2.71. The molecule has 0 amide bonds. The molecule has 0 atom stereocenters. The van der Waals surface area contributed by atoms with E-state index in [2.05, 4.69) is 12.2 Å². The maximum atomic E-state index is 11.7. The van der Waals surface area contributed by atoms with Crippen molar-refractivity contribution in [3.05, 3.63) is 0 Å². The van der Waals surface area contributed by atoms with Gasteiger partial charge in [-0.25, -0.2) is 12.7 Å². The van der Waals surface area contributed by atoms with Gasteiger partial charge in [-0.1, -0.05) is 20.3 Å². The largest absolute Gasteiger partial charge is 0.319 e. The van der Waals surface area contributed by atoms with E-state index < -0.39 is 10.0 Å². The Bertz CT molecular complexity index is 227. The summed E-state index contributed by atoms with van der Waals surface area (Å²) in [5.74, 6) is 0.195. The van der Waals surface area contributed by atoms with Crippen LogP contribution in [0.4, 0.5) is 0 Å². The summed E-state index contributed by atoms with van der Waals surface area (Å²) in [5, 5.41) is 2.85. The third-order valence-corrected chi connectivity index (χ3v) is 4.06. The fraction of sp³-hybridized carbons (Fsp3) is 1.00. The zero-order chi connectivity index (χ0) is 11.0. The summed E-state index contributed by atoms with van der Waals surface area (Å²) < 4.78 is 25.0. The van der Waals surface area contributed by atoms with E-state index in [-0.39, 0.29) is 5.75 Å². The van der Waals surface area contributed by atoms with Crippen LogP contribution in [0.15, 0.2) is 0 Å². The first-order valence-electron chi connectivity index (χ1n) is 5.20. The molecule has 0 fully saturated rings. The average Bonchev–Trinajstić information content (AvgIpc) is 2.16. The monoisotopic (exact) mass is 222 g/mol. The molecule has 0 aromatic rings. The highest BCUT2D eigenvalue weighted by atomic mass is 32.2. The number of nitrogens with zero attached hydrogens (tertiary/aromatic N) is 1. The van der Waals surface area contributed by atoms with Crippen molar-refractivity contribution in [2.75, 3.05) is 32.4 Å². The summed E-state index contributed by atoms with van der Waals surface area (Å²) >= 11 is 0. The Hall–Kier alpha value is -0.130. The smallest absolute Gasteiger partial charge is 0.215 e. The summed E-state index contributed by atoms with van der Waals surface area (Å²) in [7, 11) is -1.27. The Morgan fingerprint density at radius 2 is 1.93 bits per heavy atom. The molecule has 4 nitrogen and oxygen atoms in total. The van der Waals surface area contributed by atoms with Crippen molar-refractivity contribution >= 4 is 10.0 Å². The minimum absolute atomic E-state index is 0.195. The minimum atomic E-state index is -3.04. The van der Waals surface area contributed by atoms with Crippen LogP contribution in [0.25, 0.3) is 0 Å². The van der Waals surface area contributed by atoms with Crippen LogP contribution in [0.3, 0.4) is 0 Å². The standard InChI is InChI=1S/C9H22N2O2S/c1-4-6-8-11(5-2)14(12,13)9-7-10-3/h10H,4-9H2,1-3H3. The Labute approximate surface area is 87.7 Å². The van der Waals surface area contributed by atoms with E-state index in [1.165, 1.54) is 0 Å². The van der Waals surface area contributed by atoms with Crippen molar-refractivity contribution in [1.82, 2.24) is 9.62 Å². The summed E-state index contributed by atoms with van der Waals surface area (Å²) in [6, 6.07) is 0. The van der Waals surface area contributed by atoms with Crippen molar-refractivity contribution in [3.8, 4) is 0 Å². The summed E-state index contributed by atoms with van der Waals surface area (Å²) in [4.78, 5) is 0. The van der Waals surface area contributed by atoms with Crippen molar-refractivity contribution < 1.29 is 8.42 Å². The molecule has 1 N–H and O–H groups in total. The number of hydrogen-bond donors (Lipinski definition) is 1. The highest BCUT2D eigenvalue weighted by molar-refractivity contribution is 7.89. The summed E-state index contributed by atoms with van der Waals surface area (Å²) in [6.07, 6.45) is 1.96. The molecular weight excluding hydrogens is 200 g/mol.